The largest absolute Gasteiger partial charge is 0.418 e. The van der Waals surface area contributed by atoms with Gasteiger partial charge in [-0.3, -0.25) is 19.4 Å². The molecular weight excluding hydrogens is 403 g/mol. The van der Waals surface area contributed by atoms with E-state index in [0.717, 1.165) is 6.07 Å². The quantitative estimate of drug-likeness (QED) is 0.505. The summed E-state index contributed by atoms with van der Waals surface area (Å²) in [6.45, 7) is 0.0370. The highest BCUT2D eigenvalue weighted by Gasteiger charge is 2.55. The maximum Gasteiger partial charge on any atom is 0.418 e. The van der Waals surface area contributed by atoms with E-state index in [-0.39, 0.29) is 23.5 Å². The number of pyridine rings is 1. The van der Waals surface area contributed by atoms with Crippen molar-refractivity contribution in [3.8, 4) is 0 Å². The van der Waals surface area contributed by atoms with Gasteiger partial charge in [-0.1, -0.05) is 0 Å². The van der Waals surface area contributed by atoms with Gasteiger partial charge in [0.25, 0.3) is 0 Å². The number of carbonyl (C=O) groups is 3. The molecule has 0 unspecified atom stereocenters. The standard InChI is InChI=1S/C19H18F3N5O3/c20-19(21,22)13-7-10(15(23)28)1-4-14(13)27-12-3-2-11(25-9-12)8-26-17(30)18(5-6-18)16(24)29/h1-4,7,9,27H,5-6,8H2,(H2,23,28)(H2,24,29)(H,26,30). The van der Waals surface area contributed by atoms with Gasteiger partial charge in [0.2, 0.25) is 17.7 Å². The van der Waals surface area contributed by atoms with Crippen LogP contribution in [0.15, 0.2) is 36.5 Å². The van der Waals surface area contributed by atoms with E-state index in [1.165, 1.54) is 24.4 Å². The van der Waals surface area contributed by atoms with Crippen LogP contribution < -0.4 is 22.1 Å². The van der Waals surface area contributed by atoms with Gasteiger partial charge >= 0.3 is 6.18 Å². The summed E-state index contributed by atoms with van der Waals surface area (Å²) in [6.07, 6.45) is -2.60. The van der Waals surface area contributed by atoms with Gasteiger partial charge in [0.15, 0.2) is 0 Å². The molecule has 11 heteroatoms. The van der Waals surface area contributed by atoms with Gasteiger partial charge in [0, 0.05) is 5.56 Å². The summed E-state index contributed by atoms with van der Waals surface area (Å²) in [7, 11) is 0. The summed E-state index contributed by atoms with van der Waals surface area (Å²) in [5.41, 5.74) is 8.26. The van der Waals surface area contributed by atoms with Crippen LogP contribution in [0.3, 0.4) is 0 Å². The number of hydrogen-bond acceptors (Lipinski definition) is 5. The van der Waals surface area contributed by atoms with Crippen molar-refractivity contribution in [2.24, 2.45) is 16.9 Å². The zero-order chi connectivity index (χ0) is 22.1. The van der Waals surface area contributed by atoms with E-state index in [2.05, 4.69) is 15.6 Å². The number of nitrogens with zero attached hydrogens (tertiary/aromatic N) is 1. The molecule has 1 saturated carbocycles. The van der Waals surface area contributed by atoms with Gasteiger partial charge in [-0.05, 0) is 43.2 Å². The number of aromatic nitrogens is 1. The predicted octanol–water partition coefficient (Wildman–Crippen LogP) is 1.82. The van der Waals surface area contributed by atoms with Gasteiger partial charge in [0.05, 0.1) is 35.4 Å². The number of rotatable bonds is 7. The Hall–Kier alpha value is -3.63. The van der Waals surface area contributed by atoms with Crippen LogP contribution in [0.4, 0.5) is 24.5 Å². The predicted molar refractivity (Wildman–Crippen MR) is 100 cm³/mol. The number of halogens is 3. The summed E-state index contributed by atoms with van der Waals surface area (Å²) >= 11 is 0. The van der Waals surface area contributed by atoms with Crippen molar-refractivity contribution in [1.29, 1.82) is 0 Å². The Morgan fingerprint density at radius 2 is 1.80 bits per heavy atom. The maximum atomic E-state index is 13.3. The third-order valence-electron chi connectivity index (χ3n) is 4.80. The normalized spacial score (nSPS) is 14.6. The van der Waals surface area contributed by atoms with E-state index in [1.54, 1.807) is 0 Å². The molecule has 6 N–H and O–H groups in total. The number of benzene rings is 1. The van der Waals surface area contributed by atoms with Gasteiger partial charge < -0.3 is 22.1 Å². The second-order valence-corrected chi connectivity index (χ2v) is 6.91. The highest BCUT2D eigenvalue weighted by atomic mass is 19.4. The molecule has 3 amide bonds. The minimum absolute atomic E-state index is 0.0370. The van der Waals surface area contributed by atoms with Crippen molar-refractivity contribution in [3.63, 3.8) is 0 Å². The van der Waals surface area contributed by atoms with Crippen molar-refractivity contribution in [2.45, 2.75) is 25.6 Å². The maximum absolute atomic E-state index is 13.3. The van der Waals surface area contributed by atoms with Crippen LogP contribution in [-0.4, -0.2) is 22.7 Å². The number of amides is 3. The topological polar surface area (TPSA) is 140 Å². The van der Waals surface area contributed by atoms with Crippen LogP contribution >= 0.6 is 0 Å². The van der Waals surface area contributed by atoms with Crippen molar-refractivity contribution >= 4 is 29.1 Å². The highest BCUT2D eigenvalue weighted by molar-refractivity contribution is 6.07. The zero-order valence-corrected chi connectivity index (χ0v) is 15.5. The molecule has 1 aliphatic rings. The van der Waals surface area contributed by atoms with E-state index in [0.29, 0.717) is 24.6 Å². The van der Waals surface area contributed by atoms with Crippen molar-refractivity contribution in [1.82, 2.24) is 10.3 Å². The van der Waals surface area contributed by atoms with Crippen LogP contribution in [0.1, 0.15) is 34.5 Å². The molecule has 1 aromatic carbocycles. The molecule has 1 aromatic heterocycles. The number of anilines is 2. The molecule has 0 bridgehead atoms. The van der Waals surface area contributed by atoms with E-state index in [4.69, 9.17) is 11.5 Å². The summed E-state index contributed by atoms with van der Waals surface area (Å²) < 4.78 is 39.9. The molecule has 2 aromatic rings. The number of hydrogen-bond donors (Lipinski definition) is 4. The monoisotopic (exact) mass is 421 g/mol. The lowest BCUT2D eigenvalue weighted by Gasteiger charge is -2.16. The molecule has 30 heavy (non-hydrogen) atoms. The first-order valence-electron chi connectivity index (χ1n) is 8.84. The number of nitrogens with one attached hydrogen (secondary N) is 2. The Kier molecular flexibility index (Phi) is 5.38. The molecule has 0 aliphatic heterocycles. The molecule has 0 atom stereocenters. The van der Waals surface area contributed by atoms with E-state index >= 15 is 0 Å². The Morgan fingerprint density at radius 3 is 2.30 bits per heavy atom. The Morgan fingerprint density at radius 1 is 1.10 bits per heavy atom. The zero-order valence-electron chi connectivity index (χ0n) is 15.5. The molecule has 158 valence electrons. The molecule has 0 saturated heterocycles. The lowest BCUT2D eigenvalue weighted by atomic mass is 10.1. The molecule has 3 rings (SSSR count). The average molecular weight is 421 g/mol. The first-order valence-corrected chi connectivity index (χ1v) is 8.84. The van der Waals surface area contributed by atoms with Crippen LogP contribution in [0.25, 0.3) is 0 Å². The van der Waals surface area contributed by atoms with Crippen molar-refractivity contribution < 1.29 is 27.6 Å². The molecule has 0 spiro atoms. The van der Waals surface area contributed by atoms with E-state index in [9.17, 15) is 27.6 Å². The lowest BCUT2D eigenvalue weighted by Crippen LogP contribution is -2.40. The fraction of sp³-hybridized carbons (Fsp3) is 0.263. The smallest absolute Gasteiger partial charge is 0.369 e. The molecule has 1 heterocycles. The van der Waals surface area contributed by atoms with Crippen molar-refractivity contribution in [2.75, 3.05) is 5.32 Å². The first kappa shape index (κ1) is 21.1. The number of alkyl halides is 3. The lowest BCUT2D eigenvalue weighted by molar-refractivity contribution is -0.137. The van der Waals surface area contributed by atoms with E-state index < -0.39 is 34.9 Å². The van der Waals surface area contributed by atoms with E-state index in [1.807, 2.05) is 0 Å². The van der Waals surface area contributed by atoms with Gasteiger partial charge in [0.1, 0.15) is 5.41 Å². The second-order valence-electron chi connectivity index (χ2n) is 6.91. The molecular formula is C19H18F3N5O3. The highest BCUT2D eigenvalue weighted by Crippen LogP contribution is 2.45. The molecule has 1 fully saturated rings. The molecule has 8 nitrogen and oxygen atoms in total. The summed E-state index contributed by atoms with van der Waals surface area (Å²) in [5, 5.41) is 5.19. The second kappa shape index (κ2) is 7.65. The van der Waals surface area contributed by atoms with Gasteiger partial charge in [-0.2, -0.15) is 13.2 Å². The van der Waals surface area contributed by atoms with Crippen LogP contribution in [0.5, 0.6) is 0 Å². The SMILES string of the molecule is NC(=O)c1ccc(Nc2ccc(CNC(=O)C3(C(N)=O)CC3)nc2)c(C(F)(F)F)c1. The fourth-order valence-electron chi connectivity index (χ4n) is 2.85. The third-order valence-corrected chi connectivity index (χ3v) is 4.80. The molecule has 0 radical (unpaired) electrons. The minimum Gasteiger partial charge on any atom is -0.369 e. The Bertz CT molecular complexity index is 1000. The number of carbonyl (C=O) groups excluding carboxylic acids is 3. The number of nitrogens with two attached hydrogens (primary N) is 2. The summed E-state index contributed by atoms with van der Waals surface area (Å²) in [5.74, 6) is -2.11. The first-order chi connectivity index (χ1) is 14.0. The average Bonchev–Trinajstić information content (AvgIpc) is 3.49. The van der Waals surface area contributed by atoms with Gasteiger partial charge in [-0.25, -0.2) is 0 Å². The Balaban J connectivity index is 1.69. The van der Waals surface area contributed by atoms with Gasteiger partial charge in [-0.15, -0.1) is 0 Å². The Labute approximate surface area is 168 Å². The van der Waals surface area contributed by atoms with Crippen LogP contribution in [0.2, 0.25) is 0 Å². The molecule has 1 aliphatic carbocycles. The van der Waals surface area contributed by atoms with Crippen molar-refractivity contribution in [3.05, 3.63) is 53.3 Å². The number of primary amides is 2. The summed E-state index contributed by atoms with van der Waals surface area (Å²) in [4.78, 5) is 38.7. The van der Waals surface area contributed by atoms with Crippen LogP contribution in [-0.2, 0) is 22.3 Å². The minimum atomic E-state index is -4.70. The summed E-state index contributed by atoms with van der Waals surface area (Å²) in [6, 6.07) is 5.96. The van der Waals surface area contributed by atoms with Crippen LogP contribution in [0, 0.1) is 5.41 Å². The fourth-order valence-corrected chi connectivity index (χ4v) is 2.85. The third kappa shape index (κ3) is 4.34.